The van der Waals surface area contributed by atoms with E-state index in [1.165, 1.54) is 10.4 Å². The molecule has 2 amide bonds. The van der Waals surface area contributed by atoms with Crippen molar-refractivity contribution in [3.63, 3.8) is 0 Å². The average molecular weight is 292 g/mol. The van der Waals surface area contributed by atoms with Gasteiger partial charge in [0.25, 0.3) is 0 Å². The van der Waals surface area contributed by atoms with Crippen molar-refractivity contribution in [1.29, 1.82) is 0 Å². The van der Waals surface area contributed by atoms with Crippen LogP contribution in [-0.2, 0) is 16.0 Å². The maximum Gasteiger partial charge on any atom is 0.225 e. The zero-order valence-corrected chi connectivity index (χ0v) is 12.5. The Bertz CT molecular complexity index is 522. The molecule has 1 aromatic heterocycles. The summed E-state index contributed by atoms with van der Waals surface area (Å²) in [4.78, 5) is 27.2. The summed E-state index contributed by atoms with van der Waals surface area (Å²) in [6.07, 6.45) is 3.48. The van der Waals surface area contributed by atoms with Gasteiger partial charge in [0.15, 0.2) is 0 Å². The lowest BCUT2D eigenvalue weighted by Gasteiger charge is -2.15. The van der Waals surface area contributed by atoms with Gasteiger partial charge in [-0.2, -0.15) is 0 Å². The topological polar surface area (TPSA) is 49.4 Å². The van der Waals surface area contributed by atoms with Crippen LogP contribution >= 0.6 is 11.3 Å². The lowest BCUT2D eigenvalue weighted by atomic mass is 10.1. The van der Waals surface area contributed by atoms with E-state index in [1.54, 1.807) is 11.3 Å². The van der Waals surface area contributed by atoms with Crippen LogP contribution in [0.15, 0.2) is 11.4 Å². The molecule has 1 saturated heterocycles. The van der Waals surface area contributed by atoms with Crippen molar-refractivity contribution >= 4 is 23.2 Å². The highest BCUT2D eigenvalue weighted by atomic mass is 32.1. The van der Waals surface area contributed by atoms with Gasteiger partial charge in [-0.1, -0.05) is 0 Å². The molecule has 1 N–H and O–H groups in total. The molecule has 1 aliphatic carbocycles. The monoisotopic (exact) mass is 292 g/mol. The summed E-state index contributed by atoms with van der Waals surface area (Å²) in [6, 6.07) is 2.53. The third-order valence-corrected chi connectivity index (χ3v) is 5.22. The number of carbonyl (C=O) groups is 2. The standard InChI is InChI=1S/C15H20N2O2S/c1-10-5-7-20-13(10)4-6-16-15(19)11-8-14(18)17(9-11)12-2-3-12/h5,7,11-12H,2-4,6,8-9H2,1H3,(H,16,19)/t11-/m0/s1. The van der Waals surface area contributed by atoms with Crippen molar-refractivity contribution in [1.82, 2.24) is 10.2 Å². The Labute approximate surface area is 123 Å². The van der Waals surface area contributed by atoms with Gasteiger partial charge in [0.05, 0.1) is 5.92 Å². The van der Waals surface area contributed by atoms with E-state index in [9.17, 15) is 9.59 Å². The van der Waals surface area contributed by atoms with Gasteiger partial charge in [0.1, 0.15) is 0 Å². The first kappa shape index (κ1) is 13.6. The molecule has 2 heterocycles. The van der Waals surface area contributed by atoms with E-state index < -0.39 is 0 Å². The number of carbonyl (C=O) groups excluding carboxylic acids is 2. The summed E-state index contributed by atoms with van der Waals surface area (Å²) in [5.41, 5.74) is 1.29. The average Bonchev–Trinajstić information content (AvgIpc) is 3.08. The van der Waals surface area contributed by atoms with Gasteiger partial charge in [-0.05, 0) is 43.2 Å². The lowest BCUT2D eigenvalue weighted by molar-refractivity contribution is -0.129. The molecule has 1 aromatic rings. The predicted molar refractivity (Wildman–Crippen MR) is 78.6 cm³/mol. The molecule has 0 spiro atoms. The number of rotatable bonds is 5. The Kier molecular flexibility index (Phi) is 3.78. The van der Waals surface area contributed by atoms with Gasteiger partial charge in [-0.25, -0.2) is 0 Å². The van der Waals surface area contributed by atoms with Gasteiger partial charge >= 0.3 is 0 Å². The summed E-state index contributed by atoms with van der Waals surface area (Å²) in [6.45, 7) is 3.37. The molecule has 20 heavy (non-hydrogen) atoms. The van der Waals surface area contributed by atoms with Gasteiger partial charge in [0.2, 0.25) is 11.8 Å². The summed E-state index contributed by atoms with van der Waals surface area (Å²) < 4.78 is 0. The second kappa shape index (κ2) is 5.56. The molecule has 108 valence electrons. The fourth-order valence-corrected chi connectivity index (χ4v) is 3.66. The molecular formula is C15H20N2O2S. The zero-order chi connectivity index (χ0) is 14.1. The van der Waals surface area contributed by atoms with Crippen molar-refractivity contribution in [2.75, 3.05) is 13.1 Å². The number of amides is 2. The minimum Gasteiger partial charge on any atom is -0.355 e. The first-order valence-corrected chi connectivity index (χ1v) is 8.13. The predicted octanol–water partition coefficient (Wildman–Crippen LogP) is 1.73. The first-order chi connectivity index (χ1) is 9.65. The SMILES string of the molecule is Cc1ccsc1CCNC(=O)[C@H]1CC(=O)N(C2CC2)C1. The molecular weight excluding hydrogens is 272 g/mol. The number of nitrogens with zero attached hydrogens (tertiary/aromatic N) is 1. The molecule has 1 aliphatic heterocycles. The molecule has 0 unspecified atom stereocenters. The van der Waals surface area contributed by atoms with Crippen LogP contribution in [0.4, 0.5) is 0 Å². The fourth-order valence-electron chi connectivity index (χ4n) is 2.75. The molecule has 0 bridgehead atoms. The number of nitrogens with one attached hydrogen (secondary N) is 1. The molecule has 2 aliphatic rings. The van der Waals surface area contributed by atoms with Crippen LogP contribution in [0.2, 0.25) is 0 Å². The summed E-state index contributed by atoms with van der Waals surface area (Å²) in [7, 11) is 0. The molecule has 0 radical (unpaired) electrons. The van der Waals surface area contributed by atoms with Crippen LogP contribution in [-0.4, -0.2) is 35.8 Å². The minimum absolute atomic E-state index is 0.0377. The van der Waals surface area contributed by atoms with Crippen LogP contribution in [0.1, 0.15) is 29.7 Å². The van der Waals surface area contributed by atoms with Gasteiger partial charge in [-0.15, -0.1) is 11.3 Å². The van der Waals surface area contributed by atoms with E-state index >= 15 is 0 Å². The number of hydrogen-bond acceptors (Lipinski definition) is 3. The number of thiophene rings is 1. The molecule has 3 rings (SSSR count). The summed E-state index contributed by atoms with van der Waals surface area (Å²) in [5, 5.41) is 5.06. The Morgan fingerprint density at radius 3 is 2.95 bits per heavy atom. The highest BCUT2D eigenvalue weighted by Gasteiger charge is 2.41. The van der Waals surface area contributed by atoms with E-state index in [4.69, 9.17) is 0 Å². The maximum atomic E-state index is 12.1. The third kappa shape index (κ3) is 2.87. The zero-order valence-electron chi connectivity index (χ0n) is 11.7. The number of aryl methyl sites for hydroxylation is 1. The Balaban J connectivity index is 1.45. The van der Waals surface area contributed by atoms with Crippen LogP contribution in [0.3, 0.4) is 0 Å². The lowest BCUT2D eigenvalue weighted by Crippen LogP contribution is -2.34. The molecule has 2 fully saturated rings. The fraction of sp³-hybridized carbons (Fsp3) is 0.600. The van der Waals surface area contributed by atoms with Crippen LogP contribution in [0.25, 0.3) is 0 Å². The number of likely N-dealkylation sites (tertiary alicyclic amines) is 1. The molecule has 0 aromatic carbocycles. The molecule has 5 heteroatoms. The van der Waals surface area contributed by atoms with Gasteiger partial charge in [0, 0.05) is 30.4 Å². The second-order valence-corrected chi connectivity index (χ2v) is 6.75. The summed E-state index contributed by atoms with van der Waals surface area (Å²) in [5.74, 6) is 0.0463. The maximum absolute atomic E-state index is 12.1. The Morgan fingerprint density at radius 1 is 1.50 bits per heavy atom. The van der Waals surface area contributed by atoms with Gasteiger partial charge in [-0.3, -0.25) is 9.59 Å². The summed E-state index contributed by atoms with van der Waals surface area (Å²) >= 11 is 1.73. The Hall–Kier alpha value is -1.36. The molecule has 1 atom stereocenters. The largest absolute Gasteiger partial charge is 0.355 e. The van der Waals surface area contributed by atoms with Crippen molar-refractivity contribution < 1.29 is 9.59 Å². The minimum atomic E-state index is -0.146. The molecule has 4 nitrogen and oxygen atoms in total. The van der Waals surface area contributed by atoms with Crippen molar-refractivity contribution in [2.24, 2.45) is 5.92 Å². The van der Waals surface area contributed by atoms with Crippen molar-refractivity contribution in [2.45, 2.75) is 38.6 Å². The molecule has 1 saturated carbocycles. The van der Waals surface area contributed by atoms with Crippen molar-refractivity contribution in [3.05, 3.63) is 21.9 Å². The van der Waals surface area contributed by atoms with Crippen molar-refractivity contribution in [3.8, 4) is 0 Å². The van der Waals surface area contributed by atoms with E-state index in [0.29, 0.717) is 25.6 Å². The first-order valence-electron chi connectivity index (χ1n) is 7.25. The normalized spacial score (nSPS) is 22.4. The van der Waals surface area contributed by atoms with Crippen LogP contribution in [0.5, 0.6) is 0 Å². The highest BCUT2D eigenvalue weighted by molar-refractivity contribution is 7.10. The Morgan fingerprint density at radius 2 is 2.30 bits per heavy atom. The third-order valence-electron chi connectivity index (χ3n) is 4.14. The highest BCUT2D eigenvalue weighted by Crippen LogP contribution is 2.32. The quantitative estimate of drug-likeness (QED) is 0.898. The number of hydrogen-bond donors (Lipinski definition) is 1. The smallest absolute Gasteiger partial charge is 0.225 e. The van der Waals surface area contributed by atoms with Crippen LogP contribution < -0.4 is 5.32 Å². The van der Waals surface area contributed by atoms with E-state index in [1.807, 2.05) is 4.90 Å². The van der Waals surface area contributed by atoms with E-state index in [0.717, 1.165) is 19.3 Å². The van der Waals surface area contributed by atoms with Gasteiger partial charge < -0.3 is 10.2 Å². The second-order valence-electron chi connectivity index (χ2n) is 5.75. The van der Waals surface area contributed by atoms with Crippen LogP contribution in [0, 0.1) is 12.8 Å². The van der Waals surface area contributed by atoms with E-state index in [2.05, 4.69) is 23.7 Å². The van der Waals surface area contributed by atoms with E-state index in [-0.39, 0.29) is 17.7 Å².